The van der Waals surface area contributed by atoms with Gasteiger partial charge in [-0.05, 0) is 63.0 Å². The van der Waals surface area contributed by atoms with Gasteiger partial charge in [0, 0.05) is 31.1 Å². The monoisotopic (exact) mass is 507 g/mol. The Morgan fingerprint density at radius 3 is 2.68 bits per heavy atom. The summed E-state index contributed by atoms with van der Waals surface area (Å²) >= 11 is 0. The van der Waals surface area contributed by atoms with Crippen molar-refractivity contribution in [3.8, 4) is 11.5 Å². The molecular formula is C30H37NO6. The summed E-state index contributed by atoms with van der Waals surface area (Å²) in [5, 5.41) is 26.3. The minimum atomic E-state index is -0.618. The van der Waals surface area contributed by atoms with Crippen molar-refractivity contribution in [1.82, 2.24) is 0 Å². The SMILES string of the molecule is C[C@@H]1C/C=C/CCCC/C(=N\OCc2ccccc2)Cc2c(c(O)cc(O)c2C2CCCCO2)C(=O)O1. The number of phenols is 2. The highest BCUT2D eigenvalue weighted by Crippen LogP contribution is 2.42. The zero-order valence-corrected chi connectivity index (χ0v) is 21.5. The first-order valence-electron chi connectivity index (χ1n) is 13.3. The molecule has 2 aromatic carbocycles. The van der Waals surface area contributed by atoms with Crippen LogP contribution in [0.1, 0.15) is 91.4 Å². The molecule has 2 heterocycles. The van der Waals surface area contributed by atoms with Gasteiger partial charge in [0.25, 0.3) is 0 Å². The molecule has 7 heteroatoms. The Labute approximate surface area is 218 Å². The normalized spacial score (nSPS) is 23.5. The number of aromatic hydroxyl groups is 2. The maximum atomic E-state index is 13.4. The number of nitrogens with zero attached hydrogens (tertiary/aromatic N) is 1. The number of ether oxygens (including phenoxy) is 2. The van der Waals surface area contributed by atoms with Crippen LogP contribution in [-0.4, -0.2) is 34.6 Å². The van der Waals surface area contributed by atoms with E-state index in [0.29, 0.717) is 37.2 Å². The molecule has 4 rings (SSSR count). The Hall–Kier alpha value is -3.32. The second-order valence-corrected chi connectivity index (χ2v) is 9.80. The standard InChI is InChI=1S/C30H37NO6/c1-21-12-6-3-2-4-9-15-23(31-36-20-22-13-7-5-8-14-22)18-24-28(27-16-10-11-17-35-27)25(32)19-26(33)29(24)30(34)37-21/h3,5-8,13-14,19,21,27,32-33H,2,4,9-12,15-18,20H2,1H3/b6-3+,31-23+/t21-,27?/m1/s1. The van der Waals surface area contributed by atoms with Crippen molar-refractivity contribution in [3.63, 3.8) is 0 Å². The lowest BCUT2D eigenvalue weighted by Crippen LogP contribution is -2.21. The van der Waals surface area contributed by atoms with E-state index in [1.54, 1.807) is 0 Å². The molecule has 1 fully saturated rings. The molecule has 2 aromatic rings. The third kappa shape index (κ3) is 7.35. The number of phenolic OH excluding ortho intramolecular Hbond substituents is 2. The van der Waals surface area contributed by atoms with Gasteiger partial charge in [-0.3, -0.25) is 0 Å². The van der Waals surface area contributed by atoms with E-state index in [9.17, 15) is 15.0 Å². The summed E-state index contributed by atoms with van der Waals surface area (Å²) in [6.45, 7) is 2.73. The third-order valence-corrected chi connectivity index (χ3v) is 6.82. The number of benzene rings is 2. The van der Waals surface area contributed by atoms with Crippen LogP contribution < -0.4 is 0 Å². The number of cyclic esters (lactones) is 1. The van der Waals surface area contributed by atoms with Crippen molar-refractivity contribution in [1.29, 1.82) is 0 Å². The Morgan fingerprint density at radius 1 is 1.05 bits per heavy atom. The lowest BCUT2D eigenvalue weighted by atomic mass is 9.88. The first-order valence-corrected chi connectivity index (χ1v) is 13.3. The van der Waals surface area contributed by atoms with Crippen LogP contribution in [0.5, 0.6) is 11.5 Å². The van der Waals surface area contributed by atoms with Crippen LogP contribution in [0.25, 0.3) is 0 Å². The smallest absolute Gasteiger partial charge is 0.342 e. The van der Waals surface area contributed by atoms with E-state index in [4.69, 9.17) is 14.3 Å². The number of allylic oxidation sites excluding steroid dienone is 1. The first-order chi connectivity index (χ1) is 18.0. The predicted molar refractivity (Wildman–Crippen MR) is 142 cm³/mol. The number of carbonyl (C=O) groups is 1. The summed E-state index contributed by atoms with van der Waals surface area (Å²) in [6.07, 6.45) is 10.3. The molecule has 1 saturated heterocycles. The number of hydrogen-bond donors (Lipinski definition) is 2. The van der Waals surface area contributed by atoms with Crippen LogP contribution >= 0.6 is 0 Å². The Kier molecular flexibility index (Phi) is 9.60. The highest BCUT2D eigenvalue weighted by molar-refractivity contribution is 5.98. The van der Waals surface area contributed by atoms with E-state index in [1.807, 2.05) is 43.3 Å². The van der Waals surface area contributed by atoms with Gasteiger partial charge in [-0.25, -0.2) is 4.79 Å². The third-order valence-electron chi connectivity index (χ3n) is 6.82. The largest absolute Gasteiger partial charge is 0.507 e. The fraction of sp³-hybridized carbons (Fsp3) is 0.467. The molecule has 2 atom stereocenters. The van der Waals surface area contributed by atoms with E-state index in [2.05, 4.69) is 11.2 Å². The van der Waals surface area contributed by atoms with Crippen LogP contribution in [0.2, 0.25) is 0 Å². The maximum Gasteiger partial charge on any atom is 0.342 e. The van der Waals surface area contributed by atoms with Crippen LogP contribution in [0.15, 0.2) is 53.7 Å². The number of esters is 1. The molecule has 0 aromatic heterocycles. The fourth-order valence-corrected chi connectivity index (χ4v) is 4.89. The second-order valence-electron chi connectivity index (χ2n) is 9.80. The second kappa shape index (κ2) is 13.3. The molecule has 37 heavy (non-hydrogen) atoms. The molecule has 0 saturated carbocycles. The van der Waals surface area contributed by atoms with E-state index < -0.39 is 5.97 Å². The predicted octanol–water partition coefficient (Wildman–Crippen LogP) is 6.52. The molecule has 2 aliphatic rings. The summed E-state index contributed by atoms with van der Waals surface area (Å²) in [5.41, 5.74) is 2.82. The summed E-state index contributed by atoms with van der Waals surface area (Å²) in [7, 11) is 0. The molecule has 0 bridgehead atoms. The number of fused-ring (bicyclic) bond motifs is 1. The van der Waals surface area contributed by atoms with Crippen molar-refractivity contribution in [2.45, 2.75) is 83.5 Å². The highest BCUT2D eigenvalue weighted by Gasteiger charge is 2.31. The van der Waals surface area contributed by atoms with E-state index in [0.717, 1.165) is 49.8 Å². The lowest BCUT2D eigenvalue weighted by molar-refractivity contribution is 0.0129. The quantitative estimate of drug-likeness (QED) is 0.278. The first kappa shape index (κ1) is 26.7. The molecule has 1 unspecified atom stereocenters. The van der Waals surface area contributed by atoms with Crippen LogP contribution in [-0.2, 0) is 27.3 Å². The van der Waals surface area contributed by atoms with Crippen LogP contribution in [0, 0.1) is 0 Å². The fourth-order valence-electron chi connectivity index (χ4n) is 4.89. The Balaban J connectivity index is 1.73. The average molecular weight is 508 g/mol. The van der Waals surface area contributed by atoms with Gasteiger partial charge in [0.15, 0.2) is 0 Å². The number of rotatable bonds is 4. The van der Waals surface area contributed by atoms with E-state index >= 15 is 0 Å². The van der Waals surface area contributed by atoms with Gasteiger partial charge in [0.2, 0.25) is 0 Å². The van der Waals surface area contributed by atoms with Crippen LogP contribution in [0.3, 0.4) is 0 Å². The zero-order chi connectivity index (χ0) is 26.0. The molecule has 0 aliphatic carbocycles. The van der Waals surface area contributed by atoms with Gasteiger partial charge >= 0.3 is 5.97 Å². The van der Waals surface area contributed by atoms with Gasteiger partial charge in [-0.2, -0.15) is 0 Å². The Bertz CT molecular complexity index is 1100. The molecule has 0 radical (unpaired) electrons. The van der Waals surface area contributed by atoms with Gasteiger partial charge in [-0.1, -0.05) is 47.6 Å². The number of carbonyl (C=O) groups excluding carboxylic acids is 1. The maximum absolute atomic E-state index is 13.4. The van der Waals surface area contributed by atoms with E-state index in [-0.39, 0.29) is 35.7 Å². The average Bonchev–Trinajstić information content (AvgIpc) is 2.88. The zero-order valence-electron chi connectivity index (χ0n) is 21.5. The molecule has 198 valence electrons. The summed E-state index contributed by atoms with van der Waals surface area (Å²) in [6, 6.07) is 11.0. The van der Waals surface area contributed by atoms with Crippen molar-refractivity contribution in [2.75, 3.05) is 6.61 Å². The molecular weight excluding hydrogens is 470 g/mol. The molecule has 2 aliphatic heterocycles. The highest BCUT2D eigenvalue weighted by atomic mass is 16.6. The van der Waals surface area contributed by atoms with Gasteiger partial charge < -0.3 is 24.5 Å². The van der Waals surface area contributed by atoms with Gasteiger partial charge in [0.1, 0.15) is 29.8 Å². The molecule has 2 N–H and O–H groups in total. The minimum Gasteiger partial charge on any atom is -0.507 e. The molecule has 0 spiro atoms. The van der Waals surface area contributed by atoms with Crippen molar-refractivity contribution < 1.29 is 29.3 Å². The number of hydrogen-bond acceptors (Lipinski definition) is 7. The minimum absolute atomic E-state index is 0.0608. The molecule has 0 amide bonds. The van der Waals surface area contributed by atoms with Crippen molar-refractivity contribution in [3.05, 3.63) is 70.8 Å². The summed E-state index contributed by atoms with van der Waals surface area (Å²) in [4.78, 5) is 19.1. The number of oxime groups is 1. The Morgan fingerprint density at radius 2 is 1.89 bits per heavy atom. The summed E-state index contributed by atoms with van der Waals surface area (Å²) in [5.74, 6) is -1.01. The summed E-state index contributed by atoms with van der Waals surface area (Å²) < 4.78 is 11.7. The molecule has 7 nitrogen and oxygen atoms in total. The van der Waals surface area contributed by atoms with Gasteiger partial charge in [0.05, 0.1) is 11.8 Å². The van der Waals surface area contributed by atoms with Gasteiger partial charge in [-0.15, -0.1) is 0 Å². The topological polar surface area (TPSA) is 97.6 Å². The van der Waals surface area contributed by atoms with Crippen molar-refractivity contribution in [2.24, 2.45) is 5.16 Å². The lowest BCUT2D eigenvalue weighted by Gasteiger charge is -2.27. The van der Waals surface area contributed by atoms with Crippen LogP contribution in [0.4, 0.5) is 0 Å². The van der Waals surface area contributed by atoms with Crippen molar-refractivity contribution >= 4 is 11.7 Å². The van der Waals surface area contributed by atoms with E-state index in [1.165, 1.54) is 6.07 Å².